The molecule has 0 saturated carbocycles. The second kappa shape index (κ2) is 7.85. The van der Waals surface area contributed by atoms with Crippen LogP contribution in [-0.4, -0.2) is 28.3 Å². The Morgan fingerprint density at radius 2 is 2.08 bits per heavy atom. The van der Waals surface area contributed by atoms with Crippen molar-refractivity contribution >= 4 is 0 Å². The van der Waals surface area contributed by atoms with Gasteiger partial charge in [-0.2, -0.15) is 4.98 Å². The van der Waals surface area contributed by atoms with E-state index in [0.717, 1.165) is 37.6 Å². The molecule has 0 amide bonds. The highest BCUT2D eigenvalue weighted by atomic mass is 16.5. The van der Waals surface area contributed by atoms with Crippen molar-refractivity contribution in [2.24, 2.45) is 5.92 Å². The summed E-state index contributed by atoms with van der Waals surface area (Å²) in [5.41, 5.74) is 2.24. The molecule has 1 aliphatic rings. The molecule has 1 N–H and O–H groups in total. The van der Waals surface area contributed by atoms with Gasteiger partial charge in [-0.3, -0.25) is 10.3 Å². The standard InChI is InChI=1S/C18H26N4O2/c1-12(2)17-21-18(24-22-17)16(14-6-9-23-10-7-14)20-11-15-13(3)5-4-8-19-15/h4-5,8,12,14,16,20H,6-7,9-11H2,1-3H3. The number of rotatable bonds is 6. The van der Waals surface area contributed by atoms with E-state index in [2.05, 4.69) is 47.3 Å². The number of nitrogens with one attached hydrogen (secondary N) is 1. The first-order valence-corrected chi connectivity index (χ1v) is 8.70. The first-order valence-electron chi connectivity index (χ1n) is 8.70. The lowest BCUT2D eigenvalue weighted by atomic mass is 9.91. The molecule has 6 nitrogen and oxygen atoms in total. The molecule has 1 unspecified atom stereocenters. The fraction of sp³-hybridized carbons (Fsp3) is 0.611. The molecule has 1 fully saturated rings. The lowest BCUT2D eigenvalue weighted by Gasteiger charge is -2.28. The van der Waals surface area contributed by atoms with Crippen LogP contribution < -0.4 is 5.32 Å². The van der Waals surface area contributed by atoms with E-state index >= 15 is 0 Å². The van der Waals surface area contributed by atoms with Crippen molar-refractivity contribution in [1.82, 2.24) is 20.4 Å². The van der Waals surface area contributed by atoms with E-state index in [1.165, 1.54) is 5.56 Å². The zero-order valence-electron chi connectivity index (χ0n) is 14.7. The van der Waals surface area contributed by atoms with Crippen molar-refractivity contribution in [2.75, 3.05) is 13.2 Å². The van der Waals surface area contributed by atoms with E-state index in [4.69, 9.17) is 9.26 Å². The van der Waals surface area contributed by atoms with Crippen molar-refractivity contribution in [3.63, 3.8) is 0 Å². The molecule has 1 atom stereocenters. The highest BCUT2D eigenvalue weighted by molar-refractivity contribution is 5.17. The lowest BCUT2D eigenvalue weighted by Crippen LogP contribution is -2.32. The molecule has 24 heavy (non-hydrogen) atoms. The Morgan fingerprint density at radius 3 is 2.75 bits per heavy atom. The van der Waals surface area contributed by atoms with Gasteiger partial charge in [0, 0.05) is 31.9 Å². The zero-order valence-corrected chi connectivity index (χ0v) is 14.7. The first kappa shape index (κ1) is 17.0. The fourth-order valence-corrected chi connectivity index (χ4v) is 3.02. The molecular formula is C18H26N4O2. The molecule has 0 bridgehead atoms. The van der Waals surface area contributed by atoms with E-state index in [1.807, 2.05) is 12.3 Å². The monoisotopic (exact) mass is 330 g/mol. The van der Waals surface area contributed by atoms with Gasteiger partial charge in [-0.1, -0.05) is 25.1 Å². The SMILES string of the molecule is Cc1cccnc1CNC(c1nc(C(C)C)no1)C1CCOCC1. The maximum absolute atomic E-state index is 5.58. The van der Waals surface area contributed by atoms with E-state index in [-0.39, 0.29) is 12.0 Å². The Bertz CT molecular complexity index is 650. The van der Waals surface area contributed by atoms with Gasteiger partial charge >= 0.3 is 0 Å². The van der Waals surface area contributed by atoms with Gasteiger partial charge in [0.2, 0.25) is 5.89 Å². The molecule has 2 aromatic heterocycles. The van der Waals surface area contributed by atoms with Gasteiger partial charge in [-0.05, 0) is 37.3 Å². The third-order valence-corrected chi connectivity index (χ3v) is 4.58. The molecular weight excluding hydrogens is 304 g/mol. The lowest BCUT2D eigenvalue weighted by molar-refractivity contribution is 0.0485. The normalized spacial score (nSPS) is 17.3. The molecule has 130 valence electrons. The van der Waals surface area contributed by atoms with Crippen LogP contribution in [-0.2, 0) is 11.3 Å². The Morgan fingerprint density at radius 1 is 1.29 bits per heavy atom. The summed E-state index contributed by atoms with van der Waals surface area (Å²) < 4.78 is 11.1. The third kappa shape index (κ3) is 3.99. The quantitative estimate of drug-likeness (QED) is 0.877. The number of pyridine rings is 1. The van der Waals surface area contributed by atoms with Crippen molar-refractivity contribution < 1.29 is 9.26 Å². The minimum Gasteiger partial charge on any atom is -0.381 e. The smallest absolute Gasteiger partial charge is 0.244 e. The fourth-order valence-electron chi connectivity index (χ4n) is 3.02. The van der Waals surface area contributed by atoms with Gasteiger partial charge in [0.05, 0.1) is 11.7 Å². The van der Waals surface area contributed by atoms with Crippen LogP contribution in [0, 0.1) is 12.8 Å². The zero-order chi connectivity index (χ0) is 16.9. The largest absolute Gasteiger partial charge is 0.381 e. The van der Waals surface area contributed by atoms with Crippen LogP contribution in [0.5, 0.6) is 0 Å². The van der Waals surface area contributed by atoms with Crippen molar-refractivity contribution in [2.45, 2.75) is 52.1 Å². The number of hydrogen-bond acceptors (Lipinski definition) is 6. The molecule has 1 aliphatic heterocycles. The Balaban J connectivity index is 1.77. The summed E-state index contributed by atoms with van der Waals surface area (Å²) in [7, 11) is 0. The minimum absolute atomic E-state index is 0.0373. The summed E-state index contributed by atoms with van der Waals surface area (Å²) >= 11 is 0. The number of aromatic nitrogens is 3. The molecule has 2 aromatic rings. The second-order valence-corrected chi connectivity index (χ2v) is 6.72. The highest BCUT2D eigenvalue weighted by Gasteiger charge is 2.30. The number of hydrogen-bond donors (Lipinski definition) is 1. The van der Waals surface area contributed by atoms with Crippen LogP contribution in [0.4, 0.5) is 0 Å². The van der Waals surface area contributed by atoms with Gasteiger partial charge in [0.25, 0.3) is 0 Å². The van der Waals surface area contributed by atoms with Gasteiger partial charge in [-0.15, -0.1) is 0 Å². The maximum atomic E-state index is 5.58. The van der Waals surface area contributed by atoms with Crippen LogP contribution in [0.2, 0.25) is 0 Å². The summed E-state index contributed by atoms with van der Waals surface area (Å²) in [6, 6.07) is 4.08. The Hall–Kier alpha value is -1.79. The minimum atomic E-state index is 0.0373. The van der Waals surface area contributed by atoms with Gasteiger partial charge < -0.3 is 9.26 Å². The van der Waals surface area contributed by atoms with Gasteiger partial charge in [-0.25, -0.2) is 0 Å². The van der Waals surface area contributed by atoms with Crippen LogP contribution in [0.25, 0.3) is 0 Å². The first-order chi connectivity index (χ1) is 11.6. The van der Waals surface area contributed by atoms with Gasteiger partial charge in [0.15, 0.2) is 5.82 Å². The van der Waals surface area contributed by atoms with Crippen LogP contribution in [0.3, 0.4) is 0 Å². The molecule has 1 saturated heterocycles. The summed E-state index contributed by atoms with van der Waals surface area (Å²) in [5.74, 6) is 2.14. The molecule has 0 aromatic carbocycles. The Kier molecular flexibility index (Phi) is 5.58. The van der Waals surface area contributed by atoms with Gasteiger partial charge in [0.1, 0.15) is 0 Å². The van der Waals surface area contributed by atoms with E-state index < -0.39 is 0 Å². The van der Waals surface area contributed by atoms with Crippen LogP contribution in [0.1, 0.15) is 61.6 Å². The topological polar surface area (TPSA) is 73.1 Å². The van der Waals surface area contributed by atoms with E-state index in [0.29, 0.717) is 18.4 Å². The van der Waals surface area contributed by atoms with Crippen molar-refractivity contribution in [1.29, 1.82) is 0 Å². The molecule has 3 rings (SSSR count). The van der Waals surface area contributed by atoms with Crippen LogP contribution >= 0.6 is 0 Å². The van der Waals surface area contributed by atoms with Crippen molar-refractivity contribution in [3.8, 4) is 0 Å². The molecule has 0 aliphatic carbocycles. The summed E-state index contributed by atoms with van der Waals surface area (Å²) in [4.78, 5) is 9.09. The second-order valence-electron chi connectivity index (χ2n) is 6.72. The molecule has 3 heterocycles. The molecule has 0 radical (unpaired) electrons. The Labute approximate surface area is 143 Å². The summed E-state index contributed by atoms with van der Waals surface area (Å²) in [6.45, 7) is 8.49. The van der Waals surface area contributed by atoms with Crippen molar-refractivity contribution in [3.05, 3.63) is 41.3 Å². The number of aryl methyl sites for hydroxylation is 1. The van der Waals surface area contributed by atoms with Crippen LogP contribution in [0.15, 0.2) is 22.9 Å². The third-order valence-electron chi connectivity index (χ3n) is 4.58. The average Bonchev–Trinajstić information content (AvgIpc) is 3.08. The number of ether oxygens (including phenoxy) is 1. The number of nitrogens with zero attached hydrogens (tertiary/aromatic N) is 3. The average molecular weight is 330 g/mol. The van der Waals surface area contributed by atoms with E-state index in [1.54, 1.807) is 0 Å². The maximum Gasteiger partial charge on any atom is 0.244 e. The predicted molar refractivity (Wildman–Crippen MR) is 90.5 cm³/mol. The van der Waals surface area contributed by atoms with E-state index in [9.17, 15) is 0 Å². The molecule has 0 spiro atoms. The highest BCUT2D eigenvalue weighted by Crippen LogP contribution is 2.30. The predicted octanol–water partition coefficient (Wildman–Crippen LogP) is 3.15. The summed E-state index contributed by atoms with van der Waals surface area (Å²) in [6.07, 6.45) is 3.83. The molecule has 6 heteroatoms. The summed E-state index contributed by atoms with van der Waals surface area (Å²) in [5, 5.41) is 7.73.